The number of ketones is 2. The highest BCUT2D eigenvalue weighted by molar-refractivity contribution is 6.12. The van der Waals surface area contributed by atoms with Crippen molar-refractivity contribution < 1.29 is 19.2 Å². The molecule has 5 aliphatic carbocycles. The van der Waals surface area contributed by atoms with Crippen molar-refractivity contribution in [2.24, 2.45) is 53.3 Å². The fourth-order valence-electron chi connectivity index (χ4n) is 7.95. The van der Waals surface area contributed by atoms with Crippen molar-refractivity contribution in [3.05, 3.63) is 0 Å². The largest absolute Gasteiger partial charge is 0.299 e. The molecule has 1 aliphatic heterocycles. The Hall–Kier alpha value is -1.52. The molecule has 166 valence electrons. The van der Waals surface area contributed by atoms with Crippen molar-refractivity contribution in [2.75, 3.05) is 6.54 Å². The molecule has 5 nitrogen and oxygen atoms in total. The molecule has 6 fully saturated rings. The van der Waals surface area contributed by atoms with E-state index in [9.17, 15) is 19.2 Å². The van der Waals surface area contributed by atoms with Crippen LogP contribution in [-0.4, -0.2) is 34.8 Å². The van der Waals surface area contributed by atoms with Gasteiger partial charge in [-0.15, -0.1) is 0 Å². The lowest BCUT2D eigenvalue weighted by Crippen LogP contribution is -2.36. The van der Waals surface area contributed by atoms with E-state index in [0.29, 0.717) is 30.1 Å². The van der Waals surface area contributed by atoms with Gasteiger partial charge in [0.1, 0.15) is 11.6 Å². The summed E-state index contributed by atoms with van der Waals surface area (Å²) >= 11 is 0. The summed E-state index contributed by atoms with van der Waals surface area (Å²) in [6.45, 7) is 8.26. The first kappa shape index (κ1) is 21.7. The Morgan fingerprint density at radius 1 is 0.633 bits per heavy atom. The molecule has 0 N–H and O–H groups in total. The van der Waals surface area contributed by atoms with Gasteiger partial charge in [0.25, 0.3) is 0 Å². The number of rotatable bonds is 3. The second-order valence-electron chi connectivity index (χ2n) is 9.74. The number of imide groups is 1. The predicted octanol–water partition coefficient (Wildman–Crippen LogP) is 3.89. The second-order valence-corrected chi connectivity index (χ2v) is 9.74. The van der Waals surface area contributed by atoms with E-state index < -0.39 is 5.92 Å². The quantitative estimate of drug-likeness (QED) is 0.518. The lowest BCUT2D eigenvalue weighted by Gasteiger charge is -2.21. The Bertz CT molecular complexity index is 627. The summed E-state index contributed by atoms with van der Waals surface area (Å²) in [5.74, 6) is 0.913. The van der Waals surface area contributed by atoms with Crippen LogP contribution in [0.5, 0.6) is 0 Å². The van der Waals surface area contributed by atoms with E-state index in [4.69, 9.17) is 0 Å². The van der Waals surface area contributed by atoms with Crippen molar-refractivity contribution >= 4 is 23.4 Å². The zero-order valence-electron chi connectivity index (χ0n) is 18.9. The van der Waals surface area contributed by atoms with Crippen LogP contribution in [0.2, 0.25) is 0 Å². The number of Topliss-reactive ketones (excluding diaryl/α,β-unsaturated/α-hetero) is 2. The number of carbonyl (C=O) groups excluding carboxylic acids is 4. The van der Waals surface area contributed by atoms with Crippen LogP contribution in [0.15, 0.2) is 0 Å². The lowest BCUT2D eigenvalue weighted by molar-refractivity contribution is -0.142. The SMILES string of the molecule is CC.CC.O=C1C(CCN2C(=O)C3C4CCC(C4)C3C2=O)C(=O)C2C3CCC(C3)C12. The number of nitrogens with zero attached hydrogens (tertiary/aromatic N) is 1. The summed E-state index contributed by atoms with van der Waals surface area (Å²) < 4.78 is 0. The standard InChI is InChI=1S/C21H25NO4.2C2H6/c23-18-13(19(24)15-10-2-1-9(7-10)14(15)18)5-6-22-20(25)16-11-3-4-12(8-11)17(16)21(22)26;2*1-2/h9-17H,1-8H2;2*1-2H3. The maximum atomic E-state index is 12.9. The van der Waals surface area contributed by atoms with Crippen LogP contribution in [-0.2, 0) is 19.2 Å². The van der Waals surface area contributed by atoms with Gasteiger partial charge in [-0.05, 0) is 68.6 Å². The number of likely N-dealkylation sites (tertiary alicyclic amines) is 1. The minimum atomic E-state index is -0.564. The number of hydrogen-bond acceptors (Lipinski definition) is 4. The number of carbonyl (C=O) groups is 4. The molecule has 0 aromatic carbocycles. The molecule has 8 atom stereocenters. The Morgan fingerprint density at radius 3 is 1.40 bits per heavy atom. The fraction of sp³-hybridized carbons (Fsp3) is 0.840. The third-order valence-electron chi connectivity index (χ3n) is 8.92. The minimum absolute atomic E-state index is 0.0228. The van der Waals surface area contributed by atoms with Crippen molar-refractivity contribution in [3.63, 3.8) is 0 Å². The summed E-state index contributed by atoms with van der Waals surface area (Å²) in [5.41, 5.74) is 0. The second kappa shape index (κ2) is 8.20. The Morgan fingerprint density at radius 2 is 1.00 bits per heavy atom. The summed E-state index contributed by atoms with van der Waals surface area (Å²) in [7, 11) is 0. The van der Waals surface area contributed by atoms with Gasteiger partial charge in [0.05, 0.1) is 17.8 Å². The minimum Gasteiger partial charge on any atom is -0.299 e. The van der Waals surface area contributed by atoms with Gasteiger partial charge >= 0.3 is 0 Å². The molecule has 1 saturated heterocycles. The Balaban J connectivity index is 0.000000516. The van der Waals surface area contributed by atoms with E-state index in [1.807, 2.05) is 27.7 Å². The number of hydrogen-bond donors (Lipinski definition) is 0. The highest BCUT2D eigenvalue weighted by Crippen LogP contribution is 2.58. The summed E-state index contributed by atoms with van der Waals surface area (Å²) in [6, 6.07) is 0. The molecule has 1 heterocycles. The van der Waals surface area contributed by atoms with Crippen LogP contribution in [0.1, 0.15) is 72.6 Å². The molecule has 30 heavy (non-hydrogen) atoms. The van der Waals surface area contributed by atoms with Gasteiger partial charge in [-0.2, -0.15) is 0 Å². The lowest BCUT2D eigenvalue weighted by atomic mass is 9.81. The molecule has 0 radical (unpaired) electrons. The van der Waals surface area contributed by atoms with Gasteiger partial charge in [-0.25, -0.2) is 0 Å². The van der Waals surface area contributed by atoms with Crippen LogP contribution in [0.3, 0.4) is 0 Å². The molecule has 2 amide bonds. The van der Waals surface area contributed by atoms with Gasteiger partial charge in [0.15, 0.2) is 0 Å². The maximum Gasteiger partial charge on any atom is 0.233 e. The molecule has 6 aliphatic rings. The van der Waals surface area contributed by atoms with Crippen LogP contribution >= 0.6 is 0 Å². The van der Waals surface area contributed by atoms with E-state index in [2.05, 4.69) is 0 Å². The summed E-state index contributed by atoms with van der Waals surface area (Å²) in [5, 5.41) is 0. The Labute approximate surface area is 180 Å². The zero-order chi connectivity index (χ0) is 21.7. The molecular weight excluding hydrogens is 378 g/mol. The zero-order valence-corrected chi connectivity index (χ0v) is 18.9. The molecule has 5 heteroatoms. The Kier molecular flexibility index (Phi) is 5.93. The smallest absolute Gasteiger partial charge is 0.233 e. The van der Waals surface area contributed by atoms with Crippen LogP contribution < -0.4 is 0 Å². The molecule has 8 unspecified atom stereocenters. The van der Waals surface area contributed by atoms with Crippen LogP contribution in [0.25, 0.3) is 0 Å². The van der Waals surface area contributed by atoms with E-state index in [1.54, 1.807) is 0 Å². The van der Waals surface area contributed by atoms with E-state index in [-0.39, 0.29) is 53.6 Å². The molecular formula is C25H37NO4. The van der Waals surface area contributed by atoms with Gasteiger partial charge in [0.2, 0.25) is 11.8 Å². The number of amides is 2. The highest BCUT2D eigenvalue weighted by atomic mass is 16.2. The third kappa shape index (κ3) is 2.86. The number of fused-ring (bicyclic) bond motifs is 10. The van der Waals surface area contributed by atoms with Crippen molar-refractivity contribution in [3.8, 4) is 0 Å². The van der Waals surface area contributed by atoms with Gasteiger partial charge in [0, 0.05) is 18.4 Å². The first-order valence-corrected chi connectivity index (χ1v) is 12.5. The van der Waals surface area contributed by atoms with Crippen molar-refractivity contribution in [2.45, 2.75) is 72.6 Å². The molecule has 6 rings (SSSR count). The first-order valence-electron chi connectivity index (χ1n) is 12.5. The molecule has 0 aromatic heterocycles. The van der Waals surface area contributed by atoms with Crippen LogP contribution in [0.4, 0.5) is 0 Å². The van der Waals surface area contributed by atoms with Gasteiger partial charge in [-0.3, -0.25) is 24.1 Å². The third-order valence-corrected chi connectivity index (χ3v) is 8.92. The van der Waals surface area contributed by atoms with Crippen molar-refractivity contribution in [1.82, 2.24) is 4.90 Å². The predicted molar refractivity (Wildman–Crippen MR) is 113 cm³/mol. The molecule has 0 aromatic rings. The van der Waals surface area contributed by atoms with Crippen molar-refractivity contribution in [1.29, 1.82) is 0 Å². The monoisotopic (exact) mass is 415 g/mol. The summed E-state index contributed by atoms with van der Waals surface area (Å²) in [4.78, 5) is 52.7. The highest BCUT2D eigenvalue weighted by Gasteiger charge is 2.63. The van der Waals surface area contributed by atoms with E-state index in [1.165, 1.54) is 4.90 Å². The maximum absolute atomic E-state index is 12.9. The molecule has 0 spiro atoms. The van der Waals surface area contributed by atoms with E-state index in [0.717, 1.165) is 38.5 Å². The first-order chi connectivity index (χ1) is 14.6. The average Bonchev–Trinajstić information content (AvgIpc) is 3.60. The normalized spacial score (nSPS) is 44.7. The molecule has 4 bridgehead atoms. The average molecular weight is 416 g/mol. The molecule has 5 saturated carbocycles. The summed E-state index contributed by atoms with van der Waals surface area (Å²) in [6.07, 6.45) is 6.77. The van der Waals surface area contributed by atoms with Gasteiger partial charge < -0.3 is 0 Å². The van der Waals surface area contributed by atoms with E-state index >= 15 is 0 Å². The topological polar surface area (TPSA) is 71.5 Å². The fourth-order valence-corrected chi connectivity index (χ4v) is 7.95. The van der Waals surface area contributed by atoms with Gasteiger partial charge in [-0.1, -0.05) is 27.7 Å². The van der Waals surface area contributed by atoms with Crippen LogP contribution in [0, 0.1) is 53.3 Å².